The van der Waals surface area contributed by atoms with Gasteiger partial charge in [-0.3, -0.25) is 0 Å². The number of nitrogens with one attached hydrogen (secondary N) is 1. The lowest BCUT2D eigenvalue weighted by Gasteiger charge is -2.23. The van der Waals surface area contributed by atoms with Crippen LogP contribution in [0.1, 0.15) is 16.3 Å². The molecule has 0 amide bonds. The van der Waals surface area contributed by atoms with Crippen LogP contribution in [-0.4, -0.2) is 43.4 Å². The fourth-order valence-electron chi connectivity index (χ4n) is 3.22. The molecule has 0 unspecified atom stereocenters. The molecule has 1 aromatic carbocycles. The van der Waals surface area contributed by atoms with Crippen molar-refractivity contribution in [2.24, 2.45) is 0 Å². The fourth-order valence-corrected chi connectivity index (χ4v) is 5.33. The van der Waals surface area contributed by atoms with Crippen molar-refractivity contribution < 1.29 is 14.4 Å². The molecule has 3 heterocycles. The van der Waals surface area contributed by atoms with Crippen molar-refractivity contribution in [1.29, 1.82) is 0 Å². The first kappa shape index (κ1) is 18.7. The van der Waals surface area contributed by atoms with Crippen LogP contribution in [-0.2, 0) is 11.3 Å². The van der Waals surface area contributed by atoms with Crippen molar-refractivity contribution in [3.63, 3.8) is 0 Å². The summed E-state index contributed by atoms with van der Waals surface area (Å²) in [5, 5.41) is 2.24. The third-order valence-electron chi connectivity index (χ3n) is 4.92. The monoisotopic (exact) mass is 402 g/mol. The Labute approximate surface area is 167 Å². The van der Waals surface area contributed by atoms with Gasteiger partial charge in [-0.1, -0.05) is 11.8 Å². The molecular weight excluding hydrogens is 378 g/mol. The van der Waals surface area contributed by atoms with E-state index in [0.29, 0.717) is 0 Å². The number of ether oxygens (including phenoxy) is 2. The minimum absolute atomic E-state index is 0.822. The average Bonchev–Trinajstić information content (AvgIpc) is 2.97. The number of fused-ring (bicyclic) bond motifs is 1. The molecule has 0 aliphatic carbocycles. The summed E-state index contributed by atoms with van der Waals surface area (Å²) >= 11 is 3.47. The van der Waals surface area contributed by atoms with E-state index >= 15 is 0 Å². The van der Waals surface area contributed by atoms with Gasteiger partial charge >= 0.3 is 0 Å². The maximum absolute atomic E-state index is 5.47. The van der Waals surface area contributed by atoms with Gasteiger partial charge in [-0.25, -0.2) is 9.97 Å². The number of nitrogens with zero attached hydrogens (tertiary/aromatic N) is 2. The molecule has 7 heteroatoms. The van der Waals surface area contributed by atoms with E-state index in [0.717, 1.165) is 59.2 Å². The van der Waals surface area contributed by atoms with Gasteiger partial charge in [0.05, 0.1) is 20.3 Å². The first-order valence-corrected chi connectivity index (χ1v) is 10.8. The van der Waals surface area contributed by atoms with E-state index < -0.39 is 0 Å². The number of thiophene rings is 1. The van der Waals surface area contributed by atoms with Crippen molar-refractivity contribution in [3.05, 3.63) is 40.5 Å². The summed E-state index contributed by atoms with van der Waals surface area (Å²) in [5.74, 6) is 1.79. The van der Waals surface area contributed by atoms with E-state index in [4.69, 9.17) is 19.4 Å². The molecule has 1 aliphatic rings. The molecule has 27 heavy (non-hydrogen) atoms. The van der Waals surface area contributed by atoms with Crippen LogP contribution in [0.2, 0.25) is 0 Å². The van der Waals surface area contributed by atoms with Gasteiger partial charge in [-0.15, -0.1) is 11.3 Å². The number of hydrogen-bond donors (Lipinski definition) is 1. The second-order valence-electron chi connectivity index (χ2n) is 6.73. The zero-order valence-corrected chi connectivity index (χ0v) is 17.5. The zero-order chi connectivity index (χ0) is 18.8. The summed E-state index contributed by atoms with van der Waals surface area (Å²) in [4.78, 5) is 14.9. The molecule has 1 N–H and O–H groups in total. The highest BCUT2D eigenvalue weighted by Crippen LogP contribution is 2.38. The normalized spacial score (nSPS) is 15.4. The highest BCUT2D eigenvalue weighted by atomic mass is 32.2. The minimum atomic E-state index is 0.822. The zero-order valence-electron chi connectivity index (χ0n) is 15.9. The first-order valence-electron chi connectivity index (χ1n) is 9.14. The van der Waals surface area contributed by atoms with E-state index in [-0.39, 0.29) is 0 Å². The van der Waals surface area contributed by atoms with E-state index in [1.165, 1.54) is 20.7 Å². The van der Waals surface area contributed by atoms with Gasteiger partial charge in [0.15, 0.2) is 5.82 Å². The number of morpholine rings is 1. The Morgan fingerprint density at radius 1 is 1.15 bits per heavy atom. The average molecular weight is 403 g/mol. The van der Waals surface area contributed by atoms with E-state index in [2.05, 4.69) is 26.0 Å². The van der Waals surface area contributed by atoms with Gasteiger partial charge in [-0.05, 0) is 43.7 Å². The van der Waals surface area contributed by atoms with Crippen LogP contribution in [0.4, 0.5) is 0 Å². The van der Waals surface area contributed by atoms with Crippen LogP contribution in [0, 0.1) is 13.8 Å². The quantitative estimate of drug-likeness (QED) is 0.665. The number of rotatable bonds is 5. The molecule has 1 aliphatic heterocycles. The molecular formula is C20H24N3O2S2+. The van der Waals surface area contributed by atoms with Crippen LogP contribution in [0.5, 0.6) is 5.75 Å². The minimum Gasteiger partial charge on any atom is -0.497 e. The first-order chi connectivity index (χ1) is 13.1. The van der Waals surface area contributed by atoms with Gasteiger partial charge in [0.1, 0.15) is 35.2 Å². The molecule has 142 valence electrons. The smallest absolute Gasteiger partial charge is 0.186 e. The van der Waals surface area contributed by atoms with Crippen molar-refractivity contribution >= 4 is 33.3 Å². The largest absolute Gasteiger partial charge is 0.497 e. The molecule has 0 atom stereocenters. The van der Waals surface area contributed by atoms with Gasteiger partial charge in [0.25, 0.3) is 0 Å². The van der Waals surface area contributed by atoms with Crippen molar-refractivity contribution in [1.82, 2.24) is 9.97 Å². The predicted molar refractivity (Wildman–Crippen MR) is 109 cm³/mol. The molecule has 2 aromatic heterocycles. The molecule has 0 bridgehead atoms. The molecule has 0 saturated carbocycles. The number of aryl methyl sites for hydroxylation is 2. The van der Waals surface area contributed by atoms with Crippen LogP contribution >= 0.6 is 23.1 Å². The van der Waals surface area contributed by atoms with Gasteiger partial charge in [0.2, 0.25) is 0 Å². The standard InChI is InChI=1S/C20H23N3O2S2/c1-13-14(2)26-19-18(13)20(27-16-6-4-15(24-3)5-7-16)22-17(21-19)12-23-8-10-25-11-9-23/h4-7H,8-12H2,1-3H3/p+1. The Bertz CT molecular complexity index is 935. The summed E-state index contributed by atoms with van der Waals surface area (Å²) in [6.45, 7) is 8.87. The third-order valence-corrected chi connectivity index (χ3v) is 7.02. The highest BCUT2D eigenvalue weighted by molar-refractivity contribution is 7.99. The molecule has 1 saturated heterocycles. The van der Waals surface area contributed by atoms with Gasteiger partial charge in [0, 0.05) is 15.2 Å². The summed E-state index contributed by atoms with van der Waals surface area (Å²) in [6.07, 6.45) is 0. The number of aromatic nitrogens is 2. The Balaban J connectivity index is 1.69. The van der Waals surface area contributed by atoms with E-state index in [9.17, 15) is 0 Å². The number of methoxy groups -OCH3 is 1. The van der Waals surface area contributed by atoms with Crippen LogP contribution in [0.15, 0.2) is 34.2 Å². The third kappa shape index (κ3) is 4.11. The Morgan fingerprint density at radius 2 is 1.89 bits per heavy atom. The lowest BCUT2D eigenvalue weighted by Crippen LogP contribution is -3.12. The molecule has 3 aromatic rings. The number of benzene rings is 1. The molecule has 1 fully saturated rings. The second-order valence-corrected chi connectivity index (χ2v) is 8.99. The van der Waals surface area contributed by atoms with Crippen molar-refractivity contribution in [2.75, 3.05) is 33.4 Å². The Hall–Kier alpha value is -1.67. The second kappa shape index (κ2) is 8.14. The summed E-state index contributed by atoms with van der Waals surface area (Å²) in [7, 11) is 1.69. The molecule has 0 spiro atoms. The van der Waals surface area contributed by atoms with Gasteiger partial charge < -0.3 is 14.4 Å². The summed E-state index contributed by atoms with van der Waals surface area (Å²) < 4.78 is 10.7. The topological polar surface area (TPSA) is 48.7 Å². The van der Waals surface area contributed by atoms with E-state index in [1.807, 2.05) is 12.1 Å². The summed E-state index contributed by atoms with van der Waals surface area (Å²) in [6, 6.07) is 8.15. The lowest BCUT2D eigenvalue weighted by atomic mass is 10.2. The maximum atomic E-state index is 5.47. The van der Waals surface area contributed by atoms with Gasteiger partial charge in [-0.2, -0.15) is 0 Å². The Kier molecular flexibility index (Phi) is 5.63. The number of quaternary nitrogens is 1. The van der Waals surface area contributed by atoms with Crippen LogP contribution < -0.4 is 9.64 Å². The highest BCUT2D eigenvalue weighted by Gasteiger charge is 2.20. The van der Waals surface area contributed by atoms with Crippen LogP contribution in [0.25, 0.3) is 10.2 Å². The maximum Gasteiger partial charge on any atom is 0.186 e. The van der Waals surface area contributed by atoms with Crippen molar-refractivity contribution in [2.45, 2.75) is 30.3 Å². The van der Waals surface area contributed by atoms with Crippen molar-refractivity contribution in [3.8, 4) is 5.75 Å². The predicted octanol–water partition coefficient (Wildman–Crippen LogP) is 2.88. The molecule has 4 rings (SSSR count). The molecule has 0 radical (unpaired) electrons. The van der Waals surface area contributed by atoms with E-state index in [1.54, 1.807) is 30.2 Å². The number of hydrogen-bond acceptors (Lipinski definition) is 6. The fraction of sp³-hybridized carbons (Fsp3) is 0.400. The SMILES string of the molecule is COc1ccc(Sc2nc(C[NH+]3CCOCC3)nc3sc(C)c(C)c23)cc1. The summed E-state index contributed by atoms with van der Waals surface area (Å²) in [5.41, 5.74) is 1.29. The van der Waals surface area contributed by atoms with Crippen LogP contribution in [0.3, 0.4) is 0 Å². The lowest BCUT2D eigenvalue weighted by molar-refractivity contribution is -0.922. The Morgan fingerprint density at radius 3 is 2.59 bits per heavy atom. The molecule has 5 nitrogen and oxygen atoms in total.